The Labute approximate surface area is 108 Å². The highest BCUT2D eigenvalue weighted by Crippen LogP contribution is 2.32. The minimum Gasteiger partial charge on any atom is -0.354 e. The molecule has 4 heteroatoms. The lowest BCUT2D eigenvalue weighted by atomic mass is 10.2. The van der Waals surface area contributed by atoms with E-state index in [1.807, 2.05) is 7.05 Å². The number of anilines is 1. The second kappa shape index (κ2) is 6.14. The smallest absolute Gasteiger partial charge is 0.170 e. The van der Waals surface area contributed by atoms with Crippen LogP contribution < -0.4 is 10.2 Å². The van der Waals surface area contributed by atoms with Crippen molar-refractivity contribution in [3.05, 3.63) is 23.6 Å². The molecule has 1 N–H and O–H groups in total. The quantitative estimate of drug-likeness (QED) is 0.807. The summed E-state index contributed by atoms with van der Waals surface area (Å²) in [7, 11) is 1.83. The first-order chi connectivity index (χ1) is 8.76. The molecule has 1 aromatic rings. The van der Waals surface area contributed by atoms with E-state index < -0.39 is 0 Å². The first kappa shape index (κ1) is 13.3. The van der Waals surface area contributed by atoms with Crippen LogP contribution >= 0.6 is 0 Å². The predicted molar refractivity (Wildman–Crippen MR) is 72.2 cm³/mol. The fraction of sp³-hybridized carbons (Fsp3) is 0.643. The highest BCUT2D eigenvalue weighted by Gasteiger charge is 2.26. The average molecular weight is 251 g/mol. The van der Waals surface area contributed by atoms with E-state index in [1.54, 1.807) is 12.3 Å². The maximum Gasteiger partial charge on any atom is 0.170 e. The standard InChI is InChI=1S/C14H22FN3/c1-3-8-18(10-11-4-5-11)14-13(15)12(9-16-2)6-7-17-14/h6-7,11,16H,3-5,8-10H2,1-2H3. The summed E-state index contributed by atoms with van der Waals surface area (Å²) in [5, 5.41) is 2.99. The van der Waals surface area contributed by atoms with Crippen LogP contribution in [-0.4, -0.2) is 25.1 Å². The summed E-state index contributed by atoms with van der Waals surface area (Å²) in [6, 6.07) is 1.75. The lowest BCUT2D eigenvalue weighted by molar-refractivity contribution is 0.578. The van der Waals surface area contributed by atoms with Crippen molar-refractivity contribution in [1.29, 1.82) is 0 Å². The van der Waals surface area contributed by atoms with E-state index in [4.69, 9.17) is 0 Å². The normalized spacial score (nSPS) is 14.8. The van der Waals surface area contributed by atoms with Gasteiger partial charge in [0, 0.05) is 31.4 Å². The molecular weight excluding hydrogens is 229 g/mol. The van der Waals surface area contributed by atoms with Gasteiger partial charge >= 0.3 is 0 Å². The van der Waals surface area contributed by atoms with Crippen molar-refractivity contribution in [3.63, 3.8) is 0 Å². The summed E-state index contributed by atoms with van der Waals surface area (Å²) in [6.45, 7) is 4.49. The molecule has 3 nitrogen and oxygen atoms in total. The van der Waals surface area contributed by atoms with Gasteiger partial charge in [0.05, 0.1) is 0 Å². The minimum absolute atomic E-state index is 0.166. The zero-order valence-corrected chi connectivity index (χ0v) is 11.2. The van der Waals surface area contributed by atoms with Gasteiger partial charge in [-0.25, -0.2) is 9.37 Å². The van der Waals surface area contributed by atoms with Crippen LogP contribution in [0.1, 0.15) is 31.7 Å². The van der Waals surface area contributed by atoms with Crippen LogP contribution in [0, 0.1) is 11.7 Å². The number of nitrogens with one attached hydrogen (secondary N) is 1. The molecule has 0 bridgehead atoms. The Balaban J connectivity index is 2.19. The van der Waals surface area contributed by atoms with Crippen LogP contribution in [-0.2, 0) is 6.54 Å². The van der Waals surface area contributed by atoms with E-state index in [2.05, 4.69) is 22.1 Å². The monoisotopic (exact) mass is 251 g/mol. The number of aromatic nitrogens is 1. The van der Waals surface area contributed by atoms with Gasteiger partial charge in [0.15, 0.2) is 11.6 Å². The molecule has 0 spiro atoms. The fourth-order valence-electron chi connectivity index (χ4n) is 2.18. The zero-order valence-electron chi connectivity index (χ0n) is 11.2. The third kappa shape index (κ3) is 3.19. The largest absolute Gasteiger partial charge is 0.354 e. The number of halogens is 1. The highest BCUT2D eigenvalue weighted by molar-refractivity contribution is 5.43. The van der Waals surface area contributed by atoms with Crippen LogP contribution in [0.15, 0.2) is 12.3 Å². The summed E-state index contributed by atoms with van der Waals surface area (Å²) in [6.07, 6.45) is 5.28. The number of nitrogens with zero attached hydrogens (tertiary/aromatic N) is 2. The molecule has 0 saturated heterocycles. The Morgan fingerprint density at radius 1 is 1.50 bits per heavy atom. The fourth-order valence-corrected chi connectivity index (χ4v) is 2.18. The number of hydrogen-bond acceptors (Lipinski definition) is 3. The van der Waals surface area contributed by atoms with Crippen LogP contribution in [0.2, 0.25) is 0 Å². The Morgan fingerprint density at radius 3 is 2.89 bits per heavy atom. The SMILES string of the molecule is CCCN(CC1CC1)c1nccc(CNC)c1F. The lowest BCUT2D eigenvalue weighted by Crippen LogP contribution is -2.29. The molecular formula is C14H22FN3. The Hall–Kier alpha value is -1.16. The van der Waals surface area contributed by atoms with Crippen molar-refractivity contribution in [2.24, 2.45) is 5.92 Å². The van der Waals surface area contributed by atoms with E-state index in [9.17, 15) is 4.39 Å². The molecule has 100 valence electrons. The van der Waals surface area contributed by atoms with Crippen molar-refractivity contribution >= 4 is 5.82 Å². The topological polar surface area (TPSA) is 28.2 Å². The van der Waals surface area contributed by atoms with Crippen LogP contribution in [0.4, 0.5) is 10.2 Å². The van der Waals surface area contributed by atoms with Crippen molar-refractivity contribution in [1.82, 2.24) is 10.3 Å². The average Bonchev–Trinajstić information content (AvgIpc) is 3.16. The van der Waals surface area contributed by atoms with Crippen molar-refractivity contribution < 1.29 is 4.39 Å². The summed E-state index contributed by atoms with van der Waals surface area (Å²) in [4.78, 5) is 6.35. The molecule has 1 aliphatic carbocycles. The van der Waals surface area contributed by atoms with Crippen LogP contribution in [0.3, 0.4) is 0 Å². The second-order valence-corrected chi connectivity index (χ2v) is 5.03. The van der Waals surface area contributed by atoms with E-state index in [-0.39, 0.29) is 5.82 Å². The lowest BCUT2D eigenvalue weighted by Gasteiger charge is -2.24. The van der Waals surface area contributed by atoms with Crippen molar-refractivity contribution in [2.75, 3.05) is 25.0 Å². The number of pyridine rings is 1. The van der Waals surface area contributed by atoms with Crippen molar-refractivity contribution in [2.45, 2.75) is 32.7 Å². The highest BCUT2D eigenvalue weighted by atomic mass is 19.1. The molecule has 1 aromatic heterocycles. The molecule has 0 unspecified atom stereocenters. The van der Waals surface area contributed by atoms with Gasteiger partial charge in [0.1, 0.15) is 0 Å². The third-order valence-corrected chi connectivity index (χ3v) is 3.29. The van der Waals surface area contributed by atoms with Gasteiger partial charge in [-0.3, -0.25) is 0 Å². The molecule has 1 aliphatic rings. The van der Waals surface area contributed by atoms with E-state index >= 15 is 0 Å². The predicted octanol–water partition coefficient (Wildman–Crippen LogP) is 2.57. The molecule has 1 heterocycles. The maximum atomic E-state index is 14.4. The third-order valence-electron chi connectivity index (χ3n) is 3.29. The molecule has 1 saturated carbocycles. The van der Waals surface area contributed by atoms with Gasteiger partial charge in [0.2, 0.25) is 0 Å². The number of rotatable bonds is 7. The first-order valence-corrected chi connectivity index (χ1v) is 6.79. The number of hydrogen-bond donors (Lipinski definition) is 1. The minimum atomic E-state index is -0.166. The van der Waals surface area contributed by atoms with E-state index in [1.165, 1.54) is 12.8 Å². The summed E-state index contributed by atoms with van der Waals surface area (Å²) in [5.41, 5.74) is 0.694. The summed E-state index contributed by atoms with van der Waals surface area (Å²) >= 11 is 0. The molecule has 0 radical (unpaired) electrons. The van der Waals surface area contributed by atoms with E-state index in [0.717, 1.165) is 25.4 Å². The molecule has 2 rings (SSSR count). The van der Waals surface area contributed by atoms with Crippen molar-refractivity contribution in [3.8, 4) is 0 Å². The molecule has 0 atom stereocenters. The van der Waals surface area contributed by atoms with E-state index in [0.29, 0.717) is 17.9 Å². The first-order valence-electron chi connectivity index (χ1n) is 6.79. The van der Waals surface area contributed by atoms with Gasteiger partial charge < -0.3 is 10.2 Å². The Bertz CT molecular complexity index is 391. The van der Waals surface area contributed by atoms with Gasteiger partial charge in [-0.1, -0.05) is 6.92 Å². The van der Waals surface area contributed by atoms with Gasteiger partial charge in [-0.05, 0) is 38.3 Å². The maximum absolute atomic E-state index is 14.4. The summed E-state index contributed by atoms with van der Waals surface area (Å²) < 4.78 is 14.4. The molecule has 0 amide bonds. The zero-order chi connectivity index (χ0) is 13.0. The van der Waals surface area contributed by atoms with Gasteiger partial charge in [0.25, 0.3) is 0 Å². The molecule has 1 fully saturated rings. The second-order valence-electron chi connectivity index (χ2n) is 5.03. The van der Waals surface area contributed by atoms with Crippen LogP contribution in [0.25, 0.3) is 0 Å². The van der Waals surface area contributed by atoms with Crippen LogP contribution in [0.5, 0.6) is 0 Å². The van der Waals surface area contributed by atoms with Gasteiger partial charge in [-0.15, -0.1) is 0 Å². The molecule has 0 aliphatic heterocycles. The summed E-state index contributed by atoms with van der Waals surface area (Å²) in [5.74, 6) is 1.10. The molecule has 18 heavy (non-hydrogen) atoms. The van der Waals surface area contributed by atoms with Gasteiger partial charge in [-0.2, -0.15) is 0 Å². The Morgan fingerprint density at radius 2 is 2.28 bits per heavy atom. The molecule has 0 aromatic carbocycles. The Kier molecular flexibility index (Phi) is 4.53.